The Morgan fingerprint density at radius 2 is 1.76 bits per heavy atom. The van der Waals surface area contributed by atoms with Gasteiger partial charge in [0.25, 0.3) is 0 Å². The Morgan fingerprint density at radius 3 is 2.38 bits per heavy atom. The summed E-state index contributed by atoms with van der Waals surface area (Å²) in [6.07, 6.45) is 2.09. The van der Waals surface area contributed by atoms with Crippen LogP contribution in [0.5, 0.6) is 5.75 Å². The Hall–Kier alpha value is -0.800. The van der Waals surface area contributed by atoms with E-state index in [0.29, 0.717) is 5.92 Å². The van der Waals surface area contributed by atoms with Gasteiger partial charge in [-0.05, 0) is 55.0 Å². The molecule has 0 bridgehead atoms. The summed E-state index contributed by atoms with van der Waals surface area (Å²) in [5.74, 6) is 1.55. The van der Waals surface area contributed by atoms with E-state index < -0.39 is 0 Å². The molecule has 2 aromatic rings. The fourth-order valence-corrected chi connectivity index (χ4v) is 3.24. The van der Waals surface area contributed by atoms with Gasteiger partial charge in [-0.3, -0.25) is 0 Å². The lowest BCUT2D eigenvalue weighted by atomic mass is 9.93. The minimum absolute atomic E-state index is 0.557. The van der Waals surface area contributed by atoms with E-state index in [1.54, 1.807) is 7.11 Å². The number of halogens is 2. The molecule has 0 amide bonds. The van der Waals surface area contributed by atoms with Crippen LogP contribution in [0.25, 0.3) is 0 Å². The number of benzene rings is 2. The van der Waals surface area contributed by atoms with Crippen molar-refractivity contribution in [2.75, 3.05) is 12.4 Å². The van der Waals surface area contributed by atoms with Crippen LogP contribution in [0.1, 0.15) is 16.7 Å². The predicted octanol–water partition coefficient (Wildman–Crippen LogP) is 5.56. The lowest BCUT2D eigenvalue weighted by molar-refractivity contribution is 0.405. The molecule has 1 unspecified atom stereocenters. The minimum atomic E-state index is 0.557. The summed E-state index contributed by atoms with van der Waals surface area (Å²) in [6.45, 7) is 2.13. The zero-order valence-corrected chi connectivity index (χ0v) is 15.6. The van der Waals surface area contributed by atoms with Gasteiger partial charge in [0.2, 0.25) is 0 Å². The van der Waals surface area contributed by atoms with E-state index in [9.17, 15) is 0 Å². The Labute approximate surface area is 144 Å². The molecular weight excluding hydrogens is 392 g/mol. The first-order valence-corrected chi connectivity index (χ1v) is 8.97. The molecule has 2 rings (SSSR count). The van der Waals surface area contributed by atoms with E-state index in [1.165, 1.54) is 16.7 Å². The maximum atomic E-state index is 5.49. The van der Waals surface area contributed by atoms with E-state index in [4.69, 9.17) is 4.74 Å². The summed E-state index contributed by atoms with van der Waals surface area (Å²) < 4.78 is 6.62. The van der Waals surface area contributed by atoms with Crippen molar-refractivity contribution >= 4 is 31.9 Å². The number of hydrogen-bond acceptors (Lipinski definition) is 1. The Morgan fingerprint density at radius 1 is 1.05 bits per heavy atom. The third-order valence-corrected chi connectivity index (χ3v) is 5.04. The van der Waals surface area contributed by atoms with Gasteiger partial charge in [-0.1, -0.05) is 61.7 Å². The van der Waals surface area contributed by atoms with Crippen LogP contribution in [0.3, 0.4) is 0 Å². The van der Waals surface area contributed by atoms with Crippen molar-refractivity contribution < 1.29 is 4.74 Å². The molecule has 0 aliphatic rings. The second-order valence-corrected chi connectivity index (χ2v) is 6.93. The quantitative estimate of drug-likeness (QED) is 0.565. The lowest BCUT2D eigenvalue weighted by Gasteiger charge is -2.17. The van der Waals surface area contributed by atoms with Crippen LogP contribution in [0, 0.1) is 12.8 Å². The maximum Gasteiger partial charge on any atom is 0.122 e. The zero-order chi connectivity index (χ0) is 15.2. The summed E-state index contributed by atoms with van der Waals surface area (Å²) in [4.78, 5) is 0. The largest absolute Gasteiger partial charge is 0.496 e. The molecule has 3 heteroatoms. The first-order chi connectivity index (χ1) is 10.1. The highest BCUT2D eigenvalue weighted by Crippen LogP contribution is 2.25. The van der Waals surface area contributed by atoms with Gasteiger partial charge < -0.3 is 4.74 Å². The lowest BCUT2D eigenvalue weighted by Crippen LogP contribution is -2.11. The van der Waals surface area contributed by atoms with E-state index in [1.807, 2.05) is 0 Å². The van der Waals surface area contributed by atoms with Crippen LogP contribution in [0.2, 0.25) is 0 Å². The molecule has 1 atom stereocenters. The van der Waals surface area contributed by atoms with E-state index in [2.05, 4.69) is 81.2 Å². The molecule has 0 heterocycles. The van der Waals surface area contributed by atoms with Crippen LogP contribution in [-0.2, 0) is 12.8 Å². The van der Waals surface area contributed by atoms with Gasteiger partial charge in [-0.2, -0.15) is 0 Å². The number of ether oxygens (including phenoxy) is 1. The van der Waals surface area contributed by atoms with Crippen LogP contribution in [0.15, 0.2) is 46.9 Å². The molecule has 21 heavy (non-hydrogen) atoms. The fourth-order valence-electron chi connectivity index (χ4n) is 2.51. The molecule has 0 saturated heterocycles. The monoisotopic (exact) mass is 410 g/mol. The first-order valence-electron chi connectivity index (χ1n) is 7.06. The van der Waals surface area contributed by atoms with Gasteiger partial charge in [0, 0.05) is 9.80 Å². The minimum Gasteiger partial charge on any atom is -0.496 e. The highest BCUT2D eigenvalue weighted by Gasteiger charge is 2.13. The highest BCUT2D eigenvalue weighted by molar-refractivity contribution is 9.10. The van der Waals surface area contributed by atoms with Gasteiger partial charge in [0.1, 0.15) is 5.75 Å². The first kappa shape index (κ1) is 16.6. The van der Waals surface area contributed by atoms with Crippen LogP contribution >= 0.6 is 31.9 Å². The zero-order valence-electron chi connectivity index (χ0n) is 12.4. The SMILES string of the molecule is COc1ccc(C)cc1CC(CBr)Cc1ccc(Br)cc1. The molecular formula is C18H20Br2O. The molecule has 0 N–H and O–H groups in total. The molecule has 0 aromatic heterocycles. The van der Waals surface area contributed by atoms with Gasteiger partial charge in [0.15, 0.2) is 0 Å². The smallest absolute Gasteiger partial charge is 0.122 e. The standard InChI is InChI=1S/C18H20Br2O/c1-13-3-8-18(21-2)16(9-13)11-15(12-19)10-14-4-6-17(20)7-5-14/h3-9,15H,10-12H2,1-2H3. The van der Waals surface area contributed by atoms with Gasteiger partial charge >= 0.3 is 0 Å². The number of methoxy groups -OCH3 is 1. The third kappa shape index (κ3) is 4.86. The Kier molecular flexibility index (Phi) is 6.31. The summed E-state index contributed by atoms with van der Waals surface area (Å²) in [7, 11) is 1.74. The van der Waals surface area contributed by atoms with E-state index >= 15 is 0 Å². The molecule has 0 spiro atoms. The van der Waals surface area contributed by atoms with E-state index in [-0.39, 0.29) is 0 Å². The molecule has 1 nitrogen and oxygen atoms in total. The average Bonchev–Trinajstić information content (AvgIpc) is 2.49. The molecule has 112 valence electrons. The number of aryl methyl sites for hydroxylation is 1. The van der Waals surface area contributed by atoms with Crippen LogP contribution in [0.4, 0.5) is 0 Å². The highest BCUT2D eigenvalue weighted by atomic mass is 79.9. The van der Waals surface area contributed by atoms with Crippen molar-refractivity contribution in [2.45, 2.75) is 19.8 Å². The Balaban J connectivity index is 2.11. The van der Waals surface area contributed by atoms with Crippen molar-refractivity contribution in [3.63, 3.8) is 0 Å². The van der Waals surface area contributed by atoms with E-state index in [0.717, 1.165) is 28.4 Å². The molecule has 0 aliphatic carbocycles. The van der Waals surface area contributed by atoms with Gasteiger partial charge in [0.05, 0.1) is 7.11 Å². The van der Waals surface area contributed by atoms with Crippen LogP contribution in [-0.4, -0.2) is 12.4 Å². The van der Waals surface area contributed by atoms with Crippen molar-refractivity contribution in [3.8, 4) is 5.75 Å². The second kappa shape index (κ2) is 8.00. The normalized spacial score (nSPS) is 12.2. The van der Waals surface area contributed by atoms with Crippen molar-refractivity contribution in [2.24, 2.45) is 5.92 Å². The average molecular weight is 412 g/mol. The summed E-state index contributed by atoms with van der Waals surface area (Å²) in [6, 6.07) is 15.0. The molecule has 0 saturated carbocycles. The molecule has 2 aromatic carbocycles. The Bertz CT molecular complexity index is 578. The van der Waals surface area contributed by atoms with Crippen molar-refractivity contribution in [1.29, 1.82) is 0 Å². The summed E-state index contributed by atoms with van der Waals surface area (Å²) >= 11 is 7.14. The molecule has 0 aliphatic heterocycles. The second-order valence-electron chi connectivity index (χ2n) is 5.37. The number of hydrogen-bond donors (Lipinski definition) is 0. The van der Waals surface area contributed by atoms with Crippen molar-refractivity contribution in [3.05, 3.63) is 63.6 Å². The van der Waals surface area contributed by atoms with Gasteiger partial charge in [-0.25, -0.2) is 0 Å². The topological polar surface area (TPSA) is 9.23 Å². The van der Waals surface area contributed by atoms with Gasteiger partial charge in [-0.15, -0.1) is 0 Å². The maximum absolute atomic E-state index is 5.49. The molecule has 0 fully saturated rings. The number of rotatable bonds is 6. The number of alkyl halides is 1. The predicted molar refractivity (Wildman–Crippen MR) is 96.6 cm³/mol. The fraction of sp³-hybridized carbons (Fsp3) is 0.333. The summed E-state index contributed by atoms with van der Waals surface area (Å²) in [5.41, 5.74) is 3.94. The third-order valence-electron chi connectivity index (χ3n) is 3.60. The van der Waals surface area contributed by atoms with Crippen molar-refractivity contribution in [1.82, 2.24) is 0 Å². The molecule has 0 radical (unpaired) electrons. The summed E-state index contributed by atoms with van der Waals surface area (Å²) in [5, 5.41) is 0.986. The van der Waals surface area contributed by atoms with Crippen LogP contribution < -0.4 is 4.74 Å².